The number of benzene rings is 1. The molecule has 0 aliphatic rings. The van der Waals surface area contributed by atoms with Crippen LogP contribution in [0.25, 0.3) is 0 Å². The molecule has 1 aromatic carbocycles. The first kappa shape index (κ1) is 12.7. The average molecular weight is 251 g/mol. The van der Waals surface area contributed by atoms with Gasteiger partial charge in [0.25, 0.3) is 5.92 Å². The molecule has 0 amide bonds. The number of carbonyl (C=O) groups is 1. The summed E-state index contributed by atoms with van der Waals surface area (Å²) in [5.74, 6) is -4.92. The summed E-state index contributed by atoms with van der Waals surface area (Å²) in [4.78, 5) is 10.3. The third-order valence-corrected chi connectivity index (χ3v) is 2.26. The van der Waals surface area contributed by atoms with Crippen molar-refractivity contribution in [1.29, 1.82) is 0 Å². The lowest BCUT2D eigenvalue weighted by Crippen LogP contribution is -2.18. The number of rotatable bonds is 4. The minimum atomic E-state index is -3.44. The standard InChI is InChI=1S/C10H9ClF2O3/c1-16-8-4-6(2-3-7(8)11)10(12,13)5-9(14)15/h2-4H,5H2,1H3,(H,14,15). The lowest BCUT2D eigenvalue weighted by Gasteiger charge is -2.15. The highest BCUT2D eigenvalue weighted by Crippen LogP contribution is 2.36. The topological polar surface area (TPSA) is 46.5 Å². The Bertz CT molecular complexity index is 407. The number of ether oxygens (including phenoxy) is 1. The number of hydrogen-bond acceptors (Lipinski definition) is 2. The number of halogens is 3. The molecule has 0 aromatic heterocycles. The summed E-state index contributed by atoms with van der Waals surface area (Å²) in [6.45, 7) is 0. The molecule has 88 valence electrons. The van der Waals surface area contributed by atoms with Crippen molar-refractivity contribution in [3.05, 3.63) is 28.8 Å². The van der Waals surface area contributed by atoms with Crippen molar-refractivity contribution < 1.29 is 23.4 Å². The SMILES string of the molecule is COc1cc(C(F)(F)CC(=O)O)ccc1Cl. The Labute approximate surface area is 95.6 Å². The number of carboxylic acids is 1. The van der Waals surface area contributed by atoms with Gasteiger partial charge in [-0.1, -0.05) is 17.7 Å². The van der Waals surface area contributed by atoms with Gasteiger partial charge in [-0.2, -0.15) is 0 Å². The van der Waals surface area contributed by atoms with Gasteiger partial charge in [0.15, 0.2) is 0 Å². The fraction of sp³-hybridized carbons (Fsp3) is 0.300. The van der Waals surface area contributed by atoms with Gasteiger partial charge >= 0.3 is 5.97 Å². The number of carboxylic acid groups (broad SMARTS) is 1. The Morgan fingerprint density at radius 3 is 2.69 bits per heavy atom. The van der Waals surface area contributed by atoms with E-state index in [1.807, 2.05) is 0 Å². The predicted molar refractivity (Wildman–Crippen MR) is 54.2 cm³/mol. The van der Waals surface area contributed by atoms with Gasteiger partial charge in [-0.15, -0.1) is 0 Å². The molecule has 1 N–H and O–H groups in total. The first-order chi connectivity index (χ1) is 7.36. The highest BCUT2D eigenvalue weighted by atomic mass is 35.5. The third-order valence-electron chi connectivity index (χ3n) is 1.95. The molecule has 0 fully saturated rings. The van der Waals surface area contributed by atoms with Crippen molar-refractivity contribution in [2.24, 2.45) is 0 Å². The quantitative estimate of drug-likeness (QED) is 0.894. The molecule has 0 aliphatic heterocycles. The first-order valence-electron chi connectivity index (χ1n) is 4.30. The van der Waals surface area contributed by atoms with Crippen molar-refractivity contribution in [3.8, 4) is 5.75 Å². The molecule has 0 spiro atoms. The van der Waals surface area contributed by atoms with Gasteiger partial charge in [0, 0.05) is 5.56 Å². The van der Waals surface area contributed by atoms with Crippen LogP contribution in [0, 0.1) is 0 Å². The Balaban J connectivity index is 3.08. The number of alkyl halides is 2. The van der Waals surface area contributed by atoms with Crippen molar-refractivity contribution in [2.45, 2.75) is 12.3 Å². The van der Waals surface area contributed by atoms with E-state index in [9.17, 15) is 13.6 Å². The van der Waals surface area contributed by atoms with Gasteiger partial charge < -0.3 is 9.84 Å². The summed E-state index contributed by atoms with van der Waals surface area (Å²) >= 11 is 5.67. The number of hydrogen-bond donors (Lipinski definition) is 1. The van der Waals surface area contributed by atoms with E-state index < -0.39 is 23.9 Å². The maximum atomic E-state index is 13.4. The summed E-state index contributed by atoms with van der Waals surface area (Å²) < 4.78 is 31.5. The van der Waals surface area contributed by atoms with E-state index in [0.29, 0.717) is 0 Å². The molecule has 0 saturated heterocycles. The molecule has 1 aromatic rings. The van der Waals surface area contributed by atoms with E-state index in [1.165, 1.54) is 13.2 Å². The normalized spacial score (nSPS) is 11.2. The summed E-state index contributed by atoms with van der Waals surface area (Å²) in [7, 11) is 1.29. The van der Waals surface area contributed by atoms with Crippen molar-refractivity contribution in [1.82, 2.24) is 0 Å². The van der Waals surface area contributed by atoms with Crippen LogP contribution >= 0.6 is 11.6 Å². The molecule has 3 nitrogen and oxygen atoms in total. The Kier molecular flexibility index (Phi) is 3.70. The fourth-order valence-electron chi connectivity index (χ4n) is 1.18. The zero-order valence-corrected chi connectivity index (χ0v) is 9.09. The monoisotopic (exact) mass is 250 g/mol. The van der Waals surface area contributed by atoms with E-state index in [0.717, 1.165) is 12.1 Å². The van der Waals surface area contributed by atoms with Crippen LogP contribution in [0.4, 0.5) is 8.78 Å². The van der Waals surface area contributed by atoms with Crippen LogP contribution in [-0.2, 0) is 10.7 Å². The van der Waals surface area contributed by atoms with E-state index in [2.05, 4.69) is 0 Å². The molecule has 1 rings (SSSR count). The van der Waals surface area contributed by atoms with Crippen LogP contribution in [0.15, 0.2) is 18.2 Å². The minimum absolute atomic E-state index is 0.0873. The number of aliphatic carboxylic acids is 1. The number of methoxy groups -OCH3 is 1. The molecular weight excluding hydrogens is 242 g/mol. The summed E-state index contributed by atoms with van der Waals surface area (Å²) in [6, 6.07) is 3.35. The van der Waals surface area contributed by atoms with Crippen LogP contribution in [-0.4, -0.2) is 18.2 Å². The second-order valence-electron chi connectivity index (χ2n) is 3.12. The molecule has 0 atom stereocenters. The van der Waals surface area contributed by atoms with Gasteiger partial charge in [-0.25, -0.2) is 8.78 Å². The fourth-order valence-corrected chi connectivity index (χ4v) is 1.37. The van der Waals surface area contributed by atoms with E-state index in [1.54, 1.807) is 0 Å². The molecule has 0 heterocycles. The maximum absolute atomic E-state index is 13.4. The van der Waals surface area contributed by atoms with Gasteiger partial charge in [-0.3, -0.25) is 4.79 Å². The molecular formula is C10H9ClF2O3. The molecule has 0 unspecified atom stereocenters. The summed E-state index contributed by atoms with van der Waals surface area (Å²) in [5.41, 5.74) is -0.434. The van der Waals surface area contributed by atoms with E-state index in [4.69, 9.17) is 21.4 Å². The highest BCUT2D eigenvalue weighted by molar-refractivity contribution is 6.32. The molecule has 0 aliphatic carbocycles. The molecule has 6 heteroatoms. The van der Waals surface area contributed by atoms with E-state index in [-0.39, 0.29) is 10.8 Å². The first-order valence-corrected chi connectivity index (χ1v) is 4.68. The van der Waals surface area contributed by atoms with Gasteiger partial charge in [0.05, 0.1) is 12.1 Å². The predicted octanol–water partition coefficient (Wildman–Crippen LogP) is 2.92. The molecule has 0 saturated carbocycles. The van der Waals surface area contributed by atoms with Crippen molar-refractivity contribution in [3.63, 3.8) is 0 Å². The molecule has 16 heavy (non-hydrogen) atoms. The lowest BCUT2D eigenvalue weighted by molar-refractivity contribution is -0.145. The molecule has 0 radical (unpaired) electrons. The average Bonchev–Trinajstić information content (AvgIpc) is 2.16. The Morgan fingerprint density at radius 2 is 2.19 bits per heavy atom. The zero-order chi connectivity index (χ0) is 12.3. The summed E-state index contributed by atoms with van der Waals surface area (Å²) in [5, 5.41) is 8.55. The highest BCUT2D eigenvalue weighted by Gasteiger charge is 2.35. The van der Waals surface area contributed by atoms with Crippen LogP contribution in [0.3, 0.4) is 0 Å². The van der Waals surface area contributed by atoms with Gasteiger partial charge in [-0.05, 0) is 12.1 Å². The van der Waals surface area contributed by atoms with Crippen molar-refractivity contribution in [2.75, 3.05) is 7.11 Å². The third kappa shape index (κ3) is 2.82. The lowest BCUT2D eigenvalue weighted by atomic mass is 10.1. The largest absolute Gasteiger partial charge is 0.495 e. The van der Waals surface area contributed by atoms with Gasteiger partial charge in [0.1, 0.15) is 12.2 Å². The summed E-state index contributed by atoms with van der Waals surface area (Å²) in [6.07, 6.45) is -1.27. The minimum Gasteiger partial charge on any atom is -0.495 e. The maximum Gasteiger partial charge on any atom is 0.309 e. The Morgan fingerprint density at radius 1 is 1.56 bits per heavy atom. The van der Waals surface area contributed by atoms with Crippen LogP contribution in [0.5, 0.6) is 5.75 Å². The smallest absolute Gasteiger partial charge is 0.309 e. The van der Waals surface area contributed by atoms with Crippen LogP contribution in [0.2, 0.25) is 5.02 Å². The van der Waals surface area contributed by atoms with Gasteiger partial charge in [0.2, 0.25) is 0 Å². The second kappa shape index (κ2) is 4.65. The van der Waals surface area contributed by atoms with Crippen LogP contribution in [0.1, 0.15) is 12.0 Å². The van der Waals surface area contributed by atoms with Crippen LogP contribution < -0.4 is 4.74 Å². The van der Waals surface area contributed by atoms with Crippen molar-refractivity contribution >= 4 is 17.6 Å². The zero-order valence-electron chi connectivity index (χ0n) is 8.34. The molecule has 0 bridgehead atoms. The van der Waals surface area contributed by atoms with E-state index >= 15 is 0 Å². The Hall–Kier alpha value is -1.36. The second-order valence-corrected chi connectivity index (χ2v) is 3.53.